The van der Waals surface area contributed by atoms with E-state index in [4.69, 9.17) is 4.98 Å². The van der Waals surface area contributed by atoms with Crippen molar-refractivity contribution < 1.29 is 4.39 Å². The molecule has 4 nitrogen and oxygen atoms in total. The molecular weight excluding hydrogens is 363 g/mol. The van der Waals surface area contributed by atoms with Crippen LogP contribution in [0, 0.1) is 39.4 Å². The summed E-state index contributed by atoms with van der Waals surface area (Å²) in [7, 11) is 0. The van der Waals surface area contributed by atoms with Crippen LogP contribution in [0.4, 0.5) is 10.1 Å². The second kappa shape index (κ2) is 7.21. The first-order valence-corrected chi connectivity index (χ1v) is 10.2. The van der Waals surface area contributed by atoms with Crippen molar-refractivity contribution in [3.63, 3.8) is 0 Å². The first-order chi connectivity index (χ1) is 13.7. The Morgan fingerprint density at radius 2 is 1.83 bits per heavy atom. The maximum Gasteiger partial charge on any atom is 0.160 e. The maximum atomic E-state index is 13.7. The van der Waals surface area contributed by atoms with Crippen LogP contribution < -0.4 is 5.32 Å². The number of pyridine rings is 1. The van der Waals surface area contributed by atoms with E-state index in [9.17, 15) is 4.39 Å². The fourth-order valence-electron chi connectivity index (χ4n) is 4.16. The van der Waals surface area contributed by atoms with E-state index in [1.54, 1.807) is 12.1 Å². The summed E-state index contributed by atoms with van der Waals surface area (Å²) in [4.78, 5) is 7.10. The number of fused-ring (bicyclic) bond motifs is 1. The van der Waals surface area contributed by atoms with Gasteiger partial charge in [0.2, 0.25) is 0 Å². The highest BCUT2D eigenvalue weighted by atomic mass is 19.1. The quantitative estimate of drug-likeness (QED) is 0.644. The van der Waals surface area contributed by atoms with Gasteiger partial charge in [-0.1, -0.05) is 13.5 Å². The van der Waals surface area contributed by atoms with Crippen molar-refractivity contribution in [2.24, 2.45) is 5.92 Å². The molecule has 0 saturated carbocycles. The summed E-state index contributed by atoms with van der Waals surface area (Å²) in [5, 5.41) is 3.56. The highest BCUT2D eigenvalue weighted by molar-refractivity contribution is 5.75. The number of hydrogen-bond acceptors (Lipinski definition) is 3. The molecule has 0 unspecified atom stereocenters. The Labute approximate surface area is 172 Å². The van der Waals surface area contributed by atoms with E-state index in [1.807, 2.05) is 20.8 Å². The van der Waals surface area contributed by atoms with Crippen molar-refractivity contribution in [3.8, 4) is 0 Å². The van der Waals surface area contributed by atoms with E-state index in [0.717, 1.165) is 69.7 Å². The van der Waals surface area contributed by atoms with Crippen LogP contribution in [0.5, 0.6) is 0 Å². The van der Waals surface area contributed by atoms with Crippen LogP contribution >= 0.6 is 0 Å². The van der Waals surface area contributed by atoms with Crippen molar-refractivity contribution >= 4 is 17.0 Å². The maximum absolute atomic E-state index is 13.7. The lowest BCUT2D eigenvalue weighted by Crippen LogP contribution is -2.43. The van der Waals surface area contributed by atoms with Gasteiger partial charge in [-0.15, -0.1) is 0 Å². The van der Waals surface area contributed by atoms with Crippen LogP contribution in [0.3, 0.4) is 0 Å². The summed E-state index contributed by atoms with van der Waals surface area (Å²) >= 11 is 0. The number of benzene rings is 1. The first-order valence-electron chi connectivity index (χ1n) is 10.2. The molecule has 0 bridgehead atoms. The second-order valence-corrected chi connectivity index (χ2v) is 8.45. The lowest BCUT2D eigenvalue weighted by Gasteiger charge is -2.40. The minimum atomic E-state index is -0.187. The fourth-order valence-corrected chi connectivity index (χ4v) is 4.16. The predicted octanol–water partition coefficient (Wildman–Crippen LogP) is 5.24. The van der Waals surface area contributed by atoms with Crippen LogP contribution in [-0.4, -0.2) is 27.4 Å². The molecule has 1 aliphatic rings. The predicted molar refractivity (Wildman–Crippen MR) is 118 cm³/mol. The SMILES string of the molecule is C=C(c1cc(NCc2c(C)cc(F)cc2C)c2nc(C)c(C)n2c1)N1CC(C)C1. The highest BCUT2D eigenvalue weighted by Crippen LogP contribution is 2.30. The number of aryl methyl sites for hydroxylation is 4. The molecule has 0 amide bonds. The van der Waals surface area contributed by atoms with Crippen molar-refractivity contribution in [2.75, 3.05) is 18.4 Å². The smallest absolute Gasteiger partial charge is 0.160 e. The molecule has 1 aromatic carbocycles. The van der Waals surface area contributed by atoms with E-state index in [1.165, 1.54) is 0 Å². The molecule has 0 radical (unpaired) electrons. The molecule has 152 valence electrons. The minimum Gasteiger partial charge on any atom is -0.378 e. The van der Waals surface area contributed by atoms with Crippen molar-refractivity contribution in [2.45, 2.75) is 41.2 Å². The number of imidazole rings is 1. The summed E-state index contributed by atoms with van der Waals surface area (Å²) in [6.07, 6.45) is 2.13. The zero-order valence-electron chi connectivity index (χ0n) is 17.9. The zero-order valence-corrected chi connectivity index (χ0v) is 17.9. The third-order valence-electron chi connectivity index (χ3n) is 6.09. The zero-order chi connectivity index (χ0) is 20.9. The average Bonchev–Trinajstić information content (AvgIpc) is 2.92. The van der Waals surface area contributed by atoms with E-state index >= 15 is 0 Å². The molecule has 3 aromatic rings. The van der Waals surface area contributed by atoms with Crippen LogP contribution in [0.1, 0.15) is 40.6 Å². The van der Waals surface area contributed by atoms with Gasteiger partial charge in [-0.3, -0.25) is 0 Å². The Kier molecular flexibility index (Phi) is 4.85. The Bertz CT molecular complexity index is 1080. The number of rotatable bonds is 5. The van der Waals surface area contributed by atoms with Crippen LogP contribution in [0.2, 0.25) is 0 Å². The Morgan fingerprint density at radius 3 is 2.45 bits per heavy atom. The molecule has 5 heteroatoms. The molecule has 1 saturated heterocycles. The molecule has 1 fully saturated rings. The molecule has 0 spiro atoms. The molecule has 0 aliphatic carbocycles. The summed E-state index contributed by atoms with van der Waals surface area (Å²) < 4.78 is 15.8. The Balaban J connectivity index is 1.71. The van der Waals surface area contributed by atoms with Gasteiger partial charge in [0.1, 0.15) is 5.82 Å². The summed E-state index contributed by atoms with van der Waals surface area (Å²) in [6.45, 7) is 17.4. The molecule has 2 aromatic heterocycles. The van der Waals surface area contributed by atoms with Gasteiger partial charge >= 0.3 is 0 Å². The van der Waals surface area contributed by atoms with Crippen molar-refractivity contribution in [1.29, 1.82) is 0 Å². The van der Waals surface area contributed by atoms with E-state index in [0.29, 0.717) is 6.54 Å². The number of nitrogens with zero attached hydrogens (tertiary/aromatic N) is 3. The number of anilines is 1. The molecule has 3 heterocycles. The topological polar surface area (TPSA) is 32.6 Å². The molecule has 1 aliphatic heterocycles. The van der Waals surface area contributed by atoms with E-state index in [-0.39, 0.29) is 5.82 Å². The Hall–Kier alpha value is -2.82. The standard InChI is InChI=1S/C24H29FN4/c1-14-11-28(12-14)19(6)20-9-23(24-27-17(4)18(5)29(24)13-20)26-10-22-15(2)7-21(25)8-16(22)3/h7-9,13-14,26H,6,10-12H2,1-5H3. The van der Waals surface area contributed by atoms with E-state index in [2.05, 4.69) is 47.3 Å². The number of aromatic nitrogens is 2. The monoisotopic (exact) mass is 392 g/mol. The van der Waals surface area contributed by atoms with Gasteiger partial charge in [0.25, 0.3) is 0 Å². The lowest BCUT2D eigenvalue weighted by molar-refractivity contribution is 0.192. The molecule has 0 atom stereocenters. The molecule has 29 heavy (non-hydrogen) atoms. The number of halogens is 1. The van der Waals surface area contributed by atoms with Crippen LogP contribution in [-0.2, 0) is 6.54 Å². The van der Waals surface area contributed by atoms with E-state index < -0.39 is 0 Å². The molecule has 4 rings (SSSR count). The normalized spacial score (nSPS) is 14.3. The Morgan fingerprint density at radius 1 is 1.17 bits per heavy atom. The summed E-state index contributed by atoms with van der Waals surface area (Å²) in [5.74, 6) is 0.530. The summed E-state index contributed by atoms with van der Waals surface area (Å²) in [5.41, 5.74) is 9.20. The third kappa shape index (κ3) is 3.50. The fraction of sp³-hybridized carbons (Fsp3) is 0.375. The van der Waals surface area contributed by atoms with Crippen molar-refractivity contribution in [1.82, 2.24) is 14.3 Å². The molecule has 1 N–H and O–H groups in total. The minimum absolute atomic E-state index is 0.187. The second-order valence-electron chi connectivity index (χ2n) is 8.45. The molecular formula is C24H29FN4. The number of likely N-dealkylation sites (tertiary alicyclic amines) is 1. The number of nitrogens with one attached hydrogen (secondary N) is 1. The van der Waals surface area contributed by atoms with Gasteiger partial charge in [0.05, 0.1) is 11.4 Å². The third-order valence-corrected chi connectivity index (χ3v) is 6.09. The number of hydrogen-bond donors (Lipinski definition) is 1. The largest absolute Gasteiger partial charge is 0.378 e. The van der Waals surface area contributed by atoms with Crippen LogP contribution in [0.15, 0.2) is 31.0 Å². The van der Waals surface area contributed by atoms with Gasteiger partial charge in [-0.05, 0) is 68.5 Å². The average molecular weight is 393 g/mol. The van der Waals surface area contributed by atoms with Gasteiger partial charge in [0, 0.05) is 42.8 Å². The summed E-state index contributed by atoms with van der Waals surface area (Å²) in [6, 6.07) is 5.32. The van der Waals surface area contributed by atoms with Gasteiger partial charge < -0.3 is 14.6 Å². The first kappa shape index (κ1) is 19.5. The van der Waals surface area contributed by atoms with Gasteiger partial charge in [-0.2, -0.15) is 0 Å². The van der Waals surface area contributed by atoms with Crippen LogP contribution in [0.25, 0.3) is 11.3 Å². The highest BCUT2D eigenvalue weighted by Gasteiger charge is 2.25. The van der Waals surface area contributed by atoms with Crippen molar-refractivity contribution in [3.05, 3.63) is 70.4 Å². The van der Waals surface area contributed by atoms with Gasteiger partial charge in [0.15, 0.2) is 5.65 Å². The van der Waals surface area contributed by atoms with Gasteiger partial charge in [-0.25, -0.2) is 9.37 Å². The lowest BCUT2D eigenvalue weighted by atomic mass is 10.00.